The number of benzene rings is 1. The number of carbonyl (C=O) groups excluding carboxylic acids is 1. The molecule has 3 heteroatoms. The fourth-order valence-electron chi connectivity index (χ4n) is 3.79. The standard InChI is InChI=1S/C18H26N2O/c1-12-10-16-11-15(7-8-17(16)19-12)18(21)14(3)20-9-5-4-6-13(20)2/h7-8,11-14,19H,4-6,9-10H2,1-3H3. The van der Waals surface area contributed by atoms with E-state index in [0.717, 1.165) is 18.5 Å². The van der Waals surface area contributed by atoms with E-state index in [9.17, 15) is 4.79 Å². The summed E-state index contributed by atoms with van der Waals surface area (Å²) in [7, 11) is 0. The second-order valence-electron chi connectivity index (χ2n) is 6.74. The van der Waals surface area contributed by atoms with Crippen LogP contribution in [0.1, 0.15) is 56.0 Å². The Morgan fingerprint density at radius 2 is 2.14 bits per heavy atom. The fourth-order valence-corrected chi connectivity index (χ4v) is 3.79. The van der Waals surface area contributed by atoms with Crippen molar-refractivity contribution in [2.75, 3.05) is 11.9 Å². The average molecular weight is 286 g/mol. The van der Waals surface area contributed by atoms with Crippen LogP contribution in [0.15, 0.2) is 18.2 Å². The number of nitrogens with zero attached hydrogens (tertiary/aromatic N) is 1. The molecular weight excluding hydrogens is 260 g/mol. The summed E-state index contributed by atoms with van der Waals surface area (Å²) in [5, 5.41) is 3.44. The van der Waals surface area contributed by atoms with Crippen molar-refractivity contribution in [1.82, 2.24) is 4.90 Å². The number of nitrogens with one attached hydrogen (secondary N) is 1. The van der Waals surface area contributed by atoms with Crippen LogP contribution >= 0.6 is 0 Å². The van der Waals surface area contributed by atoms with Gasteiger partial charge in [-0.25, -0.2) is 0 Å². The molecule has 0 radical (unpaired) electrons. The van der Waals surface area contributed by atoms with Gasteiger partial charge in [0.05, 0.1) is 6.04 Å². The SMILES string of the molecule is CC1Cc2cc(C(=O)C(C)N3CCCCC3C)ccc2N1. The molecule has 114 valence electrons. The quantitative estimate of drug-likeness (QED) is 0.863. The van der Waals surface area contributed by atoms with Crippen LogP contribution in [-0.4, -0.2) is 35.4 Å². The predicted octanol–water partition coefficient (Wildman–Crippen LogP) is 3.49. The van der Waals surface area contributed by atoms with E-state index >= 15 is 0 Å². The van der Waals surface area contributed by atoms with Crippen LogP contribution in [0.5, 0.6) is 0 Å². The molecule has 2 aliphatic rings. The molecule has 1 aromatic carbocycles. The number of likely N-dealkylation sites (tertiary alicyclic amines) is 1. The lowest BCUT2D eigenvalue weighted by Crippen LogP contribution is -2.47. The van der Waals surface area contributed by atoms with Gasteiger partial charge in [-0.15, -0.1) is 0 Å². The second-order valence-corrected chi connectivity index (χ2v) is 6.74. The van der Waals surface area contributed by atoms with Gasteiger partial charge >= 0.3 is 0 Å². The first-order valence-electron chi connectivity index (χ1n) is 8.25. The topological polar surface area (TPSA) is 32.3 Å². The maximum Gasteiger partial charge on any atom is 0.179 e. The molecule has 2 aliphatic heterocycles. The van der Waals surface area contributed by atoms with Gasteiger partial charge in [-0.2, -0.15) is 0 Å². The normalized spacial score (nSPS) is 27.0. The van der Waals surface area contributed by atoms with Crippen molar-refractivity contribution < 1.29 is 4.79 Å². The molecule has 3 atom stereocenters. The predicted molar refractivity (Wildman–Crippen MR) is 87.0 cm³/mol. The van der Waals surface area contributed by atoms with Crippen molar-refractivity contribution in [2.24, 2.45) is 0 Å². The van der Waals surface area contributed by atoms with Gasteiger partial charge in [0.2, 0.25) is 0 Å². The van der Waals surface area contributed by atoms with E-state index in [2.05, 4.69) is 43.1 Å². The van der Waals surface area contributed by atoms with E-state index in [1.807, 2.05) is 6.07 Å². The summed E-state index contributed by atoms with van der Waals surface area (Å²) >= 11 is 0. The van der Waals surface area contributed by atoms with Crippen LogP contribution in [0.4, 0.5) is 5.69 Å². The monoisotopic (exact) mass is 286 g/mol. The highest BCUT2D eigenvalue weighted by Crippen LogP contribution is 2.28. The summed E-state index contributed by atoms with van der Waals surface area (Å²) in [6.07, 6.45) is 4.74. The van der Waals surface area contributed by atoms with Crippen LogP contribution in [0, 0.1) is 0 Å². The Morgan fingerprint density at radius 3 is 2.90 bits per heavy atom. The van der Waals surface area contributed by atoms with Gasteiger partial charge in [0, 0.05) is 23.3 Å². The molecule has 3 nitrogen and oxygen atoms in total. The summed E-state index contributed by atoms with van der Waals surface area (Å²) in [5.41, 5.74) is 3.35. The van der Waals surface area contributed by atoms with Crippen LogP contribution in [0.2, 0.25) is 0 Å². The van der Waals surface area contributed by atoms with Crippen LogP contribution in [0.25, 0.3) is 0 Å². The zero-order valence-corrected chi connectivity index (χ0v) is 13.4. The van der Waals surface area contributed by atoms with Crippen molar-refractivity contribution in [3.63, 3.8) is 0 Å². The maximum atomic E-state index is 12.8. The Morgan fingerprint density at radius 1 is 1.33 bits per heavy atom. The molecule has 0 amide bonds. The summed E-state index contributed by atoms with van der Waals surface area (Å²) in [5.74, 6) is 0.270. The number of Topliss-reactive ketones (excluding diaryl/α,β-unsaturated/α-hetero) is 1. The van der Waals surface area contributed by atoms with Crippen LogP contribution in [-0.2, 0) is 6.42 Å². The lowest BCUT2D eigenvalue weighted by atomic mass is 9.96. The summed E-state index contributed by atoms with van der Waals surface area (Å²) in [6, 6.07) is 7.14. The molecule has 1 saturated heterocycles. The summed E-state index contributed by atoms with van der Waals surface area (Å²) in [4.78, 5) is 15.2. The highest BCUT2D eigenvalue weighted by atomic mass is 16.1. The Labute approximate surface area is 127 Å². The van der Waals surface area contributed by atoms with Crippen molar-refractivity contribution >= 4 is 11.5 Å². The zero-order chi connectivity index (χ0) is 15.0. The number of anilines is 1. The van der Waals surface area contributed by atoms with E-state index < -0.39 is 0 Å². The molecular formula is C18H26N2O. The zero-order valence-electron chi connectivity index (χ0n) is 13.4. The number of piperidine rings is 1. The van der Waals surface area contributed by atoms with Gasteiger partial charge in [-0.3, -0.25) is 9.69 Å². The van der Waals surface area contributed by atoms with Crippen molar-refractivity contribution in [1.29, 1.82) is 0 Å². The van der Waals surface area contributed by atoms with Gasteiger partial charge in [-0.05, 0) is 70.3 Å². The molecule has 0 aromatic heterocycles. The van der Waals surface area contributed by atoms with E-state index in [0.29, 0.717) is 12.1 Å². The minimum atomic E-state index is -0.00913. The largest absolute Gasteiger partial charge is 0.382 e. The van der Waals surface area contributed by atoms with Crippen molar-refractivity contribution in [3.8, 4) is 0 Å². The molecule has 3 unspecified atom stereocenters. The number of hydrogen-bond acceptors (Lipinski definition) is 3. The Bertz CT molecular complexity index is 540. The van der Waals surface area contributed by atoms with Gasteiger partial charge in [0.1, 0.15) is 0 Å². The van der Waals surface area contributed by atoms with E-state index in [4.69, 9.17) is 0 Å². The lowest BCUT2D eigenvalue weighted by molar-refractivity contribution is 0.0701. The molecule has 0 bridgehead atoms. The Kier molecular flexibility index (Phi) is 4.03. The summed E-state index contributed by atoms with van der Waals surface area (Å²) < 4.78 is 0. The number of ketones is 1. The van der Waals surface area contributed by atoms with E-state index in [1.165, 1.54) is 30.5 Å². The second kappa shape index (κ2) is 5.80. The Balaban J connectivity index is 1.77. The minimum absolute atomic E-state index is 0.00913. The maximum absolute atomic E-state index is 12.8. The molecule has 0 saturated carbocycles. The van der Waals surface area contributed by atoms with E-state index in [1.54, 1.807) is 0 Å². The van der Waals surface area contributed by atoms with Crippen LogP contribution < -0.4 is 5.32 Å². The minimum Gasteiger partial charge on any atom is -0.382 e. The third-order valence-electron chi connectivity index (χ3n) is 5.05. The highest BCUT2D eigenvalue weighted by Gasteiger charge is 2.29. The third kappa shape index (κ3) is 2.84. The van der Waals surface area contributed by atoms with Crippen LogP contribution in [0.3, 0.4) is 0 Å². The highest BCUT2D eigenvalue weighted by molar-refractivity contribution is 6.00. The third-order valence-corrected chi connectivity index (χ3v) is 5.05. The van der Waals surface area contributed by atoms with Crippen molar-refractivity contribution in [3.05, 3.63) is 29.3 Å². The van der Waals surface area contributed by atoms with Gasteiger partial charge < -0.3 is 5.32 Å². The molecule has 1 N–H and O–H groups in total. The average Bonchev–Trinajstić information content (AvgIpc) is 2.85. The smallest absolute Gasteiger partial charge is 0.179 e. The molecule has 1 aromatic rings. The number of fused-ring (bicyclic) bond motifs is 1. The fraction of sp³-hybridized carbons (Fsp3) is 0.611. The first-order chi connectivity index (χ1) is 10.1. The van der Waals surface area contributed by atoms with E-state index in [-0.39, 0.29) is 11.8 Å². The number of carbonyl (C=O) groups is 1. The molecule has 1 fully saturated rings. The lowest BCUT2D eigenvalue weighted by Gasteiger charge is -2.37. The Hall–Kier alpha value is -1.35. The number of rotatable bonds is 3. The molecule has 0 aliphatic carbocycles. The molecule has 21 heavy (non-hydrogen) atoms. The first kappa shape index (κ1) is 14.6. The summed E-state index contributed by atoms with van der Waals surface area (Å²) in [6.45, 7) is 7.55. The molecule has 2 heterocycles. The van der Waals surface area contributed by atoms with Crippen molar-refractivity contribution in [2.45, 2.75) is 64.6 Å². The van der Waals surface area contributed by atoms with Gasteiger partial charge in [0.15, 0.2) is 5.78 Å². The van der Waals surface area contributed by atoms with Gasteiger partial charge in [-0.1, -0.05) is 6.42 Å². The molecule has 3 rings (SSSR count). The first-order valence-corrected chi connectivity index (χ1v) is 8.25. The number of hydrogen-bond donors (Lipinski definition) is 1. The van der Waals surface area contributed by atoms with Gasteiger partial charge in [0.25, 0.3) is 0 Å². The molecule has 0 spiro atoms.